The molecular formula is C9H13N3O2S. The largest absolute Gasteiger partial charge is 0.409 e. The molecule has 0 aliphatic carbocycles. The van der Waals surface area contributed by atoms with E-state index >= 15 is 0 Å². The van der Waals surface area contributed by atoms with Crippen LogP contribution in [0, 0.1) is 0 Å². The molecule has 5 nitrogen and oxygen atoms in total. The van der Waals surface area contributed by atoms with E-state index in [1.54, 1.807) is 18.3 Å². The first-order valence-corrected chi connectivity index (χ1v) is 5.44. The van der Waals surface area contributed by atoms with Gasteiger partial charge in [0.1, 0.15) is 5.03 Å². The van der Waals surface area contributed by atoms with Crippen molar-refractivity contribution in [2.75, 3.05) is 12.4 Å². The average Bonchev–Trinajstić information content (AvgIpc) is 2.29. The number of thioether (sulfide) groups is 1. The summed E-state index contributed by atoms with van der Waals surface area (Å²) in [4.78, 5) is 4.13. The van der Waals surface area contributed by atoms with Crippen molar-refractivity contribution >= 4 is 17.6 Å². The fourth-order valence-corrected chi connectivity index (χ4v) is 1.92. The number of amidine groups is 1. The fourth-order valence-electron chi connectivity index (χ4n) is 0.988. The molecule has 1 aromatic heterocycles. The smallest absolute Gasteiger partial charge is 0.172 e. The number of aliphatic hydroxyl groups is 1. The number of aromatic nitrogens is 1. The zero-order valence-electron chi connectivity index (χ0n) is 8.13. The number of hydrogen-bond acceptors (Lipinski definition) is 5. The third-order valence-electron chi connectivity index (χ3n) is 1.70. The Morgan fingerprint density at radius 1 is 1.60 bits per heavy atom. The maximum Gasteiger partial charge on any atom is 0.172 e. The van der Waals surface area contributed by atoms with Gasteiger partial charge in [0.2, 0.25) is 0 Å². The molecule has 0 unspecified atom stereocenters. The van der Waals surface area contributed by atoms with Crippen LogP contribution in [0.5, 0.6) is 0 Å². The highest BCUT2D eigenvalue weighted by Crippen LogP contribution is 2.20. The number of nitrogens with zero attached hydrogens (tertiary/aromatic N) is 2. The molecule has 1 aromatic rings. The van der Waals surface area contributed by atoms with Crippen molar-refractivity contribution < 1.29 is 10.3 Å². The standard InChI is InChI=1S/C9H13N3O2S/c10-8(12-14)7-3-1-4-11-9(7)15-6-2-5-13/h1,3-4,13-14H,2,5-6H2,(H2,10,12). The molecule has 0 radical (unpaired) electrons. The Morgan fingerprint density at radius 3 is 3.07 bits per heavy atom. The van der Waals surface area contributed by atoms with Crippen LogP contribution in [0.25, 0.3) is 0 Å². The molecule has 0 aliphatic rings. The summed E-state index contributed by atoms with van der Waals surface area (Å²) in [6.45, 7) is 0.152. The Hall–Kier alpha value is -1.27. The normalized spacial score (nSPS) is 11.7. The predicted molar refractivity (Wildman–Crippen MR) is 59.2 cm³/mol. The van der Waals surface area contributed by atoms with E-state index < -0.39 is 0 Å². The van der Waals surface area contributed by atoms with Gasteiger partial charge in [-0.05, 0) is 18.6 Å². The van der Waals surface area contributed by atoms with Crippen LogP contribution in [-0.4, -0.2) is 33.5 Å². The number of oxime groups is 1. The van der Waals surface area contributed by atoms with Crippen molar-refractivity contribution in [2.45, 2.75) is 11.4 Å². The quantitative estimate of drug-likeness (QED) is 0.171. The van der Waals surface area contributed by atoms with Gasteiger partial charge in [-0.1, -0.05) is 5.16 Å². The Balaban J connectivity index is 2.77. The van der Waals surface area contributed by atoms with E-state index in [2.05, 4.69) is 10.1 Å². The van der Waals surface area contributed by atoms with Crippen LogP contribution in [0.1, 0.15) is 12.0 Å². The van der Waals surface area contributed by atoms with Crippen LogP contribution in [0.4, 0.5) is 0 Å². The molecule has 0 bridgehead atoms. The highest BCUT2D eigenvalue weighted by Gasteiger charge is 2.07. The summed E-state index contributed by atoms with van der Waals surface area (Å²) in [7, 11) is 0. The van der Waals surface area contributed by atoms with E-state index in [1.807, 2.05) is 0 Å². The van der Waals surface area contributed by atoms with E-state index in [9.17, 15) is 0 Å². The Labute approximate surface area is 92.0 Å². The van der Waals surface area contributed by atoms with Crippen molar-refractivity contribution in [3.63, 3.8) is 0 Å². The molecule has 82 valence electrons. The van der Waals surface area contributed by atoms with Gasteiger partial charge >= 0.3 is 0 Å². The highest BCUT2D eigenvalue weighted by atomic mass is 32.2. The lowest BCUT2D eigenvalue weighted by molar-refractivity contribution is 0.296. The Morgan fingerprint density at radius 2 is 2.40 bits per heavy atom. The number of aliphatic hydroxyl groups excluding tert-OH is 1. The van der Waals surface area contributed by atoms with Gasteiger partial charge < -0.3 is 16.0 Å². The van der Waals surface area contributed by atoms with Crippen molar-refractivity contribution in [2.24, 2.45) is 10.9 Å². The minimum absolute atomic E-state index is 0.0506. The number of hydrogen-bond donors (Lipinski definition) is 3. The minimum Gasteiger partial charge on any atom is -0.409 e. The summed E-state index contributed by atoms with van der Waals surface area (Å²) >= 11 is 1.47. The zero-order valence-corrected chi connectivity index (χ0v) is 8.94. The van der Waals surface area contributed by atoms with Crippen molar-refractivity contribution in [1.82, 2.24) is 4.98 Å². The van der Waals surface area contributed by atoms with Gasteiger partial charge in [-0.15, -0.1) is 11.8 Å². The lowest BCUT2D eigenvalue weighted by atomic mass is 10.3. The van der Waals surface area contributed by atoms with Crippen molar-refractivity contribution in [3.8, 4) is 0 Å². The van der Waals surface area contributed by atoms with Crippen LogP contribution < -0.4 is 5.73 Å². The average molecular weight is 227 g/mol. The summed E-state index contributed by atoms with van der Waals surface area (Å²) in [6, 6.07) is 3.47. The summed E-state index contributed by atoms with van der Waals surface area (Å²) in [5.74, 6) is 0.800. The van der Waals surface area contributed by atoms with E-state index in [0.717, 1.165) is 5.75 Å². The first kappa shape index (κ1) is 11.8. The maximum atomic E-state index is 8.65. The van der Waals surface area contributed by atoms with Gasteiger partial charge in [0.05, 0.1) is 5.56 Å². The van der Waals surface area contributed by atoms with Crippen LogP contribution in [-0.2, 0) is 0 Å². The number of rotatable bonds is 5. The monoisotopic (exact) mass is 227 g/mol. The van der Waals surface area contributed by atoms with Gasteiger partial charge in [-0.25, -0.2) is 4.98 Å². The summed E-state index contributed by atoms with van der Waals surface area (Å²) in [5, 5.41) is 20.9. The van der Waals surface area contributed by atoms with Gasteiger partial charge in [-0.2, -0.15) is 0 Å². The lowest BCUT2D eigenvalue weighted by Crippen LogP contribution is -2.14. The zero-order chi connectivity index (χ0) is 11.1. The topological polar surface area (TPSA) is 91.7 Å². The lowest BCUT2D eigenvalue weighted by Gasteiger charge is -2.05. The molecule has 0 saturated carbocycles. The van der Waals surface area contributed by atoms with Crippen LogP contribution >= 0.6 is 11.8 Å². The molecule has 1 rings (SSSR count). The van der Waals surface area contributed by atoms with Crippen LogP contribution in [0.2, 0.25) is 0 Å². The second-order valence-electron chi connectivity index (χ2n) is 2.77. The third kappa shape index (κ3) is 3.41. The van der Waals surface area contributed by atoms with Gasteiger partial charge in [0.25, 0.3) is 0 Å². The summed E-state index contributed by atoms with van der Waals surface area (Å²) in [6.07, 6.45) is 2.34. The first-order valence-electron chi connectivity index (χ1n) is 4.46. The molecule has 0 atom stereocenters. The molecule has 0 aliphatic heterocycles. The molecule has 15 heavy (non-hydrogen) atoms. The molecule has 0 saturated heterocycles. The molecule has 4 N–H and O–H groups in total. The van der Waals surface area contributed by atoms with E-state index in [1.165, 1.54) is 11.8 Å². The molecule has 0 amide bonds. The van der Waals surface area contributed by atoms with E-state index in [4.69, 9.17) is 16.0 Å². The summed E-state index contributed by atoms with van der Waals surface area (Å²) in [5.41, 5.74) is 6.11. The minimum atomic E-state index is 0.0506. The van der Waals surface area contributed by atoms with E-state index in [0.29, 0.717) is 17.0 Å². The SMILES string of the molecule is NC(=NO)c1cccnc1SCCCO. The maximum absolute atomic E-state index is 8.65. The summed E-state index contributed by atoms with van der Waals surface area (Å²) < 4.78 is 0. The Bertz CT molecular complexity index is 344. The van der Waals surface area contributed by atoms with Crippen LogP contribution in [0.3, 0.4) is 0 Å². The molecule has 0 aromatic carbocycles. The molecule has 0 fully saturated rings. The van der Waals surface area contributed by atoms with Gasteiger partial charge in [0.15, 0.2) is 5.84 Å². The highest BCUT2D eigenvalue weighted by molar-refractivity contribution is 7.99. The molecule has 0 spiro atoms. The van der Waals surface area contributed by atoms with Crippen LogP contribution in [0.15, 0.2) is 28.5 Å². The fraction of sp³-hybridized carbons (Fsp3) is 0.333. The molecule has 1 heterocycles. The van der Waals surface area contributed by atoms with Crippen molar-refractivity contribution in [3.05, 3.63) is 23.9 Å². The van der Waals surface area contributed by atoms with E-state index in [-0.39, 0.29) is 12.4 Å². The van der Waals surface area contributed by atoms with Gasteiger partial charge in [-0.3, -0.25) is 0 Å². The number of nitrogens with two attached hydrogens (primary N) is 1. The first-order chi connectivity index (χ1) is 7.29. The Kier molecular flexibility index (Phi) is 4.92. The molecular weight excluding hydrogens is 214 g/mol. The number of pyridine rings is 1. The van der Waals surface area contributed by atoms with Gasteiger partial charge in [0, 0.05) is 18.6 Å². The molecule has 6 heteroatoms. The predicted octanol–water partition coefficient (Wildman–Crippen LogP) is 0.651. The second kappa shape index (κ2) is 6.26. The van der Waals surface area contributed by atoms with Crippen molar-refractivity contribution in [1.29, 1.82) is 0 Å². The third-order valence-corrected chi connectivity index (χ3v) is 2.79. The second-order valence-corrected chi connectivity index (χ2v) is 3.85.